The van der Waals surface area contributed by atoms with Gasteiger partial charge in [0, 0.05) is 17.6 Å². The number of aryl methyl sites for hydroxylation is 1. The van der Waals surface area contributed by atoms with Gasteiger partial charge in [0.1, 0.15) is 10.8 Å². The second kappa shape index (κ2) is 10.5. The molecular weight excluding hydrogens is 471 g/mol. The third-order valence-electron chi connectivity index (χ3n) is 3.95. The fraction of sp³-hybridized carbons (Fsp3) is 0.300. The Morgan fingerprint density at radius 3 is 2.63 bits per heavy atom. The molecule has 0 radical (unpaired) electrons. The predicted octanol–water partition coefficient (Wildman–Crippen LogP) is 4.49. The Morgan fingerprint density at radius 1 is 1.15 bits per heavy atom. The fourth-order valence-electron chi connectivity index (χ4n) is 2.65. The number of nitrogens with one attached hydrogen (secondary N) is 2. The molecule has 1 heterocycles. The molecule has 0 aliphatic heterocycles. The van der Waals surface area contributed by atoms with Gasteiger partial charge >= 0.3 is 0 Å². The molecule has 0 aliphatic rings. The number of aromatic nitrogens is 1. The topological polar surface area (TPSA) is 58.5 Å². The zero-order valence-corrected chi connectivity index (χ0v) is 18.9. The van der Waals surface area contributed by atoms with Crippen molar-refractivity contribution in [2.24, 2.45) is 4.99 Å². The minimum atomic E-state index is 0. The number of halogens is 1. The molecule has 0 fully saturated rings. The molecule has 0 saturated heterocycles. The zero-order chi connectivity index (χ0) is 18.4. The van der Waals surface area contributed by atoms with E-state index in [1.165, 1.54) is 21.2 Å². The number of hydrogen-bond acceptors (Lipinski definition) is 4. The van der Waals surface area contributed by atoms with E-state index in [4.69, 9.17) is 9.73 Å². The highest BCUT2D eigenvalue weighted by Crippen LogP contribution is 2.22. The van der Waals surface area contributed by atoms with Gasteiger partial charge in [-0.1, -0.05) is 18.2 Å². The standard InChI is InChI=1S/C20H24N4OS.HI/c1-4-21-20(24-13-19-22-11-14(2)26-19)23-12-15-5-6-17-10-18(25-3)8-7-16(17)9-15;/h5-11H,4,12-13H2,1-3H3,(H2,21,23,24);1H. The monoisotopic (exact) mass is 496 g/mol. The van der Waals surface area contributed by atoms with Crippen LogP contribution in [0.1, 0.15) is 22.4 Å². The Labute approximate surface area is 181 Å². The Balaban J connectivity index is 0.00000261. The van der Waals surface area contributed by atoms with Gasteiger partial charge in [0.05, 0.1) is 20.2 Å². The number of guanidine groups is 1. The van der Waals surface area contributed by atoms with Crippen molar-refractivity contribution >= 4 is 52.0 Å². The van der Waals surface area contributed by atoms with Crippen LogP contribution in [-0.4, -0.2) is 24.6 Å². The number of ether oxygens (including phenoxy) is 1. The van der Waals surface area contributed by atoms with Crippen LogP contribution in [0, 0.1) is 6.92 Å². The summed E-state index contributed by atoms with van der Waals surface area (Å²) in [5, 5.41) is 10.0. The van der Waals surface area contributed by atoms with E-state index >= 15 is 0 Å². The number of fused-ring (bicyclic) bond motifs is 1. The summed E-state index contributed by atoms with van der Waals surface area (Å²) in [6.45, 7) is 6.25. The highest BCUT2D eigenvalue weighted by atomic mass is 127. The van der Waals surface area contributed by atoms with Crippen molar-refractivity contribution < 1.29 is 4.74 Å². The van der Waals surface area contributed by atoms with E-state index in [1.54, 1.807) is 18.4 Å². The second-order valence-electron chi connectivity index (χ2n) is 5.96. The first-order chi connectivity index (χ1) is 12.7. The minimum Gasteiger partial charge on any atom is -0.497 e. The lowest BCUT2D eigenvalue weighted by molar-refractivity contribution is 0.415. The lowest BCUT2D eigenvalue weighted by atomic mass is 10.1. The molecule has 0 bridgehead atoms. The predicted molar refractivity (Wildman–Crippen MR) is 124 cm³/mol. The SMILES string of the molecule is CCNC(=NCc1ccc2cc(OC)ccc2c1)NCc1ncc(C)s1.I. The van der Waals surface area contributed by atoms with Crippen LogP contribution in [-0.2, 0) is 13.1 Å². The molecule has 0 amide bonds. The Morgan fingerprint density at radius 2 is 1.93 bits per heavy atom. The summed E-state index contributed by atoms with van der Waals surface area (Å²) in [5.41, 5.74) is 1.17. The lowest BCUT2D eigenvalue weighted by Gasteiger charge is -2.10. The first-order valence-electron chi connectivity index (χ1n) is 8.68. The summed E-state index contributed by atoms with van der Waals surface area (Å²) in [6.07, 6.45) is 1.90. The van der Waals surface area contributed by atoms with E-state index in [2.05, 4.69) is 53.7 Å². The number of rotatable bonds is 6. The van der Waals surface area contributed by atoms with Crippen LogP contribution in [0.3, 0.4) is 0 Å². The molecule has 2 aromatic carbocycles. The van der Waals surface area contributed by atoms with E-state index < -0.39 is 0 Å². The summed E-state index contributed by atoms with van der Waals surface area (Å²) < 4.78 is 5.28. The molecule has 2 N–H and O–H groups in total. The van der Waals surface area contributed by atoms with Crippen LogP contribution in [0.5, 0.6) is 5.75 Å². The summed E-state index contributed by atoms with van der Waals surface area (Å²) >= 11 is 1.70. The Bertz CT molecular complexity index is 910. The molecule has 0 aliphatic carbocycles. The molecule has 0 unspecified atom stereocenters. The largest absolute Gasteiger partial charge is 0.497 e. The third-order valence-corrected chi connectivity index (χ3v) is 4.86. The Kier molecular flexibility index (Phi) is 8.30. The maximum absolute atomic E-state index is 5.28. The van der Waals surface area contributed by atoms with Gasteiger partial charge in [0.2, 0.25) is 0 Å². The van der Waals surface area contributed by atoms with Crippen LogP contribution in [0.2, 0.25) is 0 Å². The van der Waals surface area contributed by atoms with Crippen molar-refractivity contribution in [1.29, 1.82) is 0 Å². The van der Waals surface area contributed by atoms with Gasteiger partial charge in [-0.3, -0.25) is 0 Å². The summed E-state index contributed by atoms with van der Waals surface area (Å²) in [4.78, 5) is 10.3. The molecule has 0 saturated carbocycles. The molecule has 3 rings (SSSR count). The Hall–Kier alpha value is -1.87. The van der Waals surface area contributed by atoms with Crippen molar-refractivity contribution in [1.82, 2.24) is 15.6 Å². The van der Waals surface area contributed by atoms with Crippen LogP contribution >= 0.6 is 35.3 Å². The number of methoxy groups -OCH3 is 1. The van der Waals surface area contributed by atoms with E-state index in [-0.39, 0.29) is 24.0 Å². The highest BCUT2D eigenvalue weighted by Gasteiger charge is 2.03. The van der Waals surface area contributed by atoms with Crippen molar-refractivity contribution in [3.8, 4) is 5.75 Å². The molecule has 7 heteroatoms. The third kappa shape index (κ3) is 6.07. The average molecular weight is 496 g/mol. The summed E-state index contributed by atoms with van der Waals surface area (Å²) in [5.74, 6) is 1.68. The fourth-order valence-corrected chi connectivity index (χ4v) is 3.38. The zero-order valence-electron chi connectivity index (χ0n) is 15.8. The molecular formula is C20H25IN4OS. The van der Waals surface area contributed by atoms with Crippen LogP contribution in [0.4, 0.5) is 0 Å². The van der Waals surface area contributed by atoms with E-state index in [1.807, 2.05) is 18.3 Å². The smallest absolute Gasteiger partial charge is 0.191 e. The second-order valence-corrected chi connectivity index (χ2v) is 7.28. The van der Waals surface area contributed by atoms with Gasteiger partial charge in [-0.15, -0.1) is 35.3 Å². The number of thiazole rings is 1. The normalized spacial score (nSPS) is 11.1. The first-order valence-corrected chi connectivity index (χ1v) is 9.49. The van der Waals surface area contributed by atoms with Crippen LogP contribution in [0.15, 0.2) is 47.6 Å². The van der Waals surface area contributed by atoms with Crippen LogP contribution < -0.4 is 15.4 Å². The van der Waals surface area contributed by atoms with Gasteiger partial charge in [0.25, 0.3) is 0 Å². The van der Waals surface area contributed by atoms with E-state index in [0.717, 1.165) is 23.3 Å². The molecule has 27 heavy (non-hydrogen) atoms. The quantitative estimate of drug-likeness (QED) is 0.300. The summed E-state index contributed by atoms with van der Waals surface area (Å²) in [7, 11) is 1.69. The maximum Gasteiger partial charge on any atom is 0.191 e. The van der Waals surface area contributed by atoms with Crippen molar-refractivity contribution in [3.63, 3.8) is 0 Å². The molecule has 144 valence electrons. The molecule has 0 atom stereocenters. The molecule has 3 aromatic rings. The first kappa shape index (κ1) is 21.4. The van der Waals surface area contributed by atoms with Crippen molar-refractivity contribution in [2.75, 3.05) is 13.7 Å². The maximum atomic E-state index is 5.28. The average Bonchev–Trinajstić information content (AvgIpc) is 3.08. The number of hydrogen-bond donors (Lipinski definition) is 2. The lowest BCUT2D eigenvalue weighted by Crippen LogP contribution is -2.36. The number of aliphatic imine (C=N–C) groups is 1. The van der Waals surface area contributed by atoms with Gasteiger partial charge < -0.3 is 15.4 Å². The minimum absolute atomic E-state index is 0. The number of benzene rings is 2. The van der Waals surface area contributed by atoms with Gasteiger partial charge in [-0.2, -0.15) is 0 Å². The summed E-state index contributed by atoms with van der Waals surface area (Å²) in [6, 6.07) is 12.5. The van der Waals surface area contributed by atoms with Crippen LogP contribution in [0.25, 0.3) is 10.8 Å². The highest BCUT2D eigenvalue weighted by molar-refractivity contribution is 14.0. The van der Waals surface area contributed by atoms with Crippen molar-refractivity contribution in [2.45, 2.75) is 26.9 Å². The number of nitrogens with zero attached hydrogens (tertiary/aromatic N) is 2. The van der Waals surface area contributed by atoms with Gasteiger partial charge in [-0.05, 0) is 48.4 Å². The van der Waals surface area contributed by atoms with Gasteiger partial charge in [-0.25, -0.2) is 9.98 Å². The molecule has 1 aromatic heterocycles. The van der Waals surface area contributed by atoms with Crippen molar-refractivity contribution in [3.05, 3.63) is 58.0 Å². The van der Waals surface area contributed by atoms with Gasteiger partial charge in [0.15, 0.2) is 5.96 Å². The van der Waals surface area contributed by atoms with E-state index in [9.17, 15) is 0 Å². The molecule has 0 spiro atoms. The molecule has 5 nitrogen and oxygen atoms in total. The van der Waals surface area contributed by atoms with E-state index in [0.29, 0.717) is 13.1 Å².